The maximum atomic E-state index is 13.8. The van der Waals surface area contributed by atoms with Crippen molar-refractivity contribution >= 4 is 11.9 Å². The number of benzene rings is 1. The van der Waals surface area contributed by atoms with Gasteiger partial charge in [0.25, 0.3) is 5.91 Å². The van der Waals surface area contributed by atoms with Crippen molar-refractivity contribution in [3.8, 4) is 5.75 Å². The maximum absolute atomic E-state index is 13.8. The third-order valence-electron chi connectivity index (χ3n) is 5.09. The van der Waals surface area contributed by atoms with Crippen LogP contribution < -0.4 is 10.5 Å². The number of aliphatic imine (C=N–C) groups is 1. The number of hydrogen-bond acceptors (Lipinski definition) is 4. The third kappa shape index (κ3) is 3.60. The summed E-state index contributed by atoms with van der Waals surface area (Å²) in [5, 5.41) is 0. The summed E-state index contributed by atoms with van der Waals surface area (Å²) >= 11 is 0. The molecule has 0 saturated heterocycles. The number of nitrogens with two attached hydrogens (primary N) is 1. The monoisotopic (exact) mass is 351 g/mol. The van der Waals surface area contributed by atoms with Gasteiger partial charge in [0.15, 0.2) is 23.1 Å². The molecule has 1 aliphatic heterocycles. The Morgan fingerprint density at radius 1 is 1.32 bits per heavy atom. The van der Waals surface area contributed by atoms with Crippen molar-refractivity contribution in [1.82, 2.24) is 4.90 Å². The van der Waals surface area contributed by atoms with E-state index >= 15 is 0 Å². The molecule has 2 aliphatic rings. The first-order chi connectivity index (χ1) is 11.9. The van der Waals surface area contributed by atoms with E-state index in [1.165, 1.54) is 11.3 Å². The van der Waals surface area contributed by atoms with Gasteiger partial charge in [0, 0.05) is 13.1 Å². The molecule has 1 aromatic rings. The fraction of sp³-hybridized carbons (Fsp3) is 0.556. The first-order valence-electron chi connectivity index (χ1n) is 8.63. The molecule has 2 N–H and O–H groups in total. The highest BCUT2D eigenvalue weighted by Crippen LogP contribution is 2.36. The van der Waals surface area contributed by atoms with Crippen LogP contribution in [0, 0.1) is 17.6 Å². The predicted molar refractivity (Wildman–Crippen MR) is 90.2 cm³/mol. The highest BCUT2D eigenvalue weighted by molar-refractivity contribution is 6.06. The molecule has 5 nitrogen and oxygen atoms in total. The number of carbonyl (C=O) groups is 1. The Labute approximate surface area is 145 Å². The zero-order chi connectivity index (χ0) is 18.0. The first kappa shape index (κ1) is 17.6. The smallest absolute Gasteiger partial charge is 0.260 e. The van der Waals surface area contributed by atoms with E-state index in [4.69, 9.17) is 10.5 Å². The summed E-state index contributed by atoms with van der Waals surface area (Å²) in [4.78, 5) is 18.4. The lowest BCUT2D eigenvalue weighted by Gasteiger charge is -2.31. The molecule has 0 radical (unpaired) electrons. The van der Waals surface area contributed by atoms with Gasteiger partial charge < -0.3 is 10.5 Å². The van der Waals surface area contributed by atoms with Crippen LogP contribution in [-0.2, 0) is 4.79 Å². The quantitative estimate of drug-likeness (QED) is 0.887. The van der Waals surface area contributed by atoms with Gasteiger partial charge in [-0.3, -0.25) is 9.69 Å². The second-order valence-electron chi connectivity index (χ2n) is 6.94. The number of ether oxygens (including phenoxy) is 1. The topological polar surface area (TPSA) is 67.9 Å². The molecule has 1 saturated carbocycles. The molecular weight excluding hydrogens is 328 g/mol. The standard InChI is InChI=1S/C18H23F2N3O2/c1-23-16(24)18(22-17(23)21,10-12-5-3-2-4-6-12)11-25-15-9-13(19)7-8-14(15)20/h7-9,12H,2-6,10-11H2,1H3,(H2,21,22). The van der Waals surface area contributed by atoms with Gasteiger partial charge in [-0.2, -0.15) is 0 Å². The molecule has 1 heterocycles. The van der Waals surface area contributed by atoms with Crippen LogP contribution in [0.25, 0.3) is 0 Å². The van der Waals surface area contributed by atoms with E-state index in [0.29, 0.717) is 12.3 Å². The maximum Gasteiger partial charge on any atom is 0.260 e. The Bertz CT molecular complexity index is 689. The van der Waals surface area contributed by atoms with Crippen molar-refractivity contribution in [2.45, 2.75) is 44.1 Å². The molecule has 0 bridgehead atoms. The van der Waals surface area contributed by atoms with E-state index in [0.717, 1.165) is 43.9 Å². The van der Waals surface area contributed by atoms with E-state index in [9.17, 15) is 13.6 Å². The molecule has 7 heteroatoms. The van der Waals surface area contributed by atoms with E-state index in [2.05, 4.69) is 4.99 Å². The number of nitrogens with zero attached hydrogens (tertiary/aromatic N) is 2. The van der Waals surface area contributed by atoms with Crippen LogP contribution in [0.2, 0.25) is 0 Å². The summed E-state index contributed by atoms with van der Waals surface area (Å²) < 4.78 is 32.7. The minimum atomic E-state index is -1.17. The Hall–Kier alpha value is -2.18. The van der Waals surface area contributed by atoms with Gasteiger partial charge in [0.05, 0.1) is 0 Å². The number of amides is 1. The summed E-state index contributed by atoms with van der Waals surface area (Å²) in [6.45, 7) is -0.159. The summed E-state index contributed by atoms with van der Waals surface area (Å²) in [5.41, 5.74) is 4.67. The Morgan fingerprint density at radius 3 is 2.68 bits per heavy atom. The predicted octanol–water partition coefficient (Wildman–Crippen LogP) is 2.84. The van der Waals surface area contributed by atoms with E-state index < -0.39 is 17.2 Å². The molecule has 3 rings (SSSR count). The van der Waals surface area contributed by atoms with Crippen molar-refractivity contribution in [3.63, 3.8) is 0 Å². The van der Waals surface area contributed by atoms with Gasteiger partial charge in [-0.1, -0.05) is 32.1 Å². The zero-order valence-electron chi connectivity index (χ0n) is 14.3. The Morgan fingerprint density at radius 2 is 2.04 bits per heavy atom. The number of rotatable bonds is 5. The number of halogens is 2. The van der Waals surface area contributed by atoms with Gasteiger partial charge in [-0.15, -0.1) is 0 Å². The zero-order valence-corrected chi connectivity index (χ0v) is 14.3. The van der Waals surface area contributed by atoms with E-state index in [1.54, 1.807) is 7.05 Å². The third-order valence-corrected chi connectivity index (χ3v) is 5.09. The van der Waals surface area contributed by atoms with Gasteiger partial charge in [-0.25, -0.2) is 13.8 Å². The highest BCUT2D eigenvalue weighted by atomic mass is 19.1. The van der Waals surface area contributed by atoms with Crippen LogP contribution in [0.15, 0.2) is 23.2 Å². The van der Waals surface area contributed by atoms with Gasteiger partial charge >= 0.3 is 0 Å². The fourth-order valence-corrected chi connectivity index (χ4v) is 3.70. The fourth-order valence-electron chi connectivity index (χ4n) is 3.70. The molecule has 1 fully saturated rings. The lowest BCUT2D eigenvalue weighted by molar-refractivity contribution is -0.132. The number of guanidine groups is 1. The Balaban J connectivity index is 1.81. The number of carbonyl (C=O) groups excluding carboxylic acids is 1. The lowest BCUT2D eigenvalue weighted by atomic mass is 9.79. The van der Waals surface area contributed by atoms with Crippen LogP contribution in [0.4, 0.5) is 8.78 Å². The lowest BCUT2D eigenvalue weighted by Crippen LogP contribution is -2.47. The van der Waals surface area contributed by atoms with Crippen LogP contribution in [0.3, 0.4) is 0 Å². The minimum absolute atomic E-state index is 0.129. The molecule has 1 aliphatic carbocycles. The number of hydrogen-bond donors (Lipinski definition) is 1. The second-order valence-corrected chi connectivity index (χ2v) is 6.94. The SMILES string of the molecule is CN1C(=O)C(COc2cc(F)ccc2F)(CC2CCCCC2)N=C1N. The summed E-state index contributed by atoms with van der Waals surface area (Å²) in [5.74, 6) is -1.28. The molecule has 25 heavy (non-hydrogen) atoms. The van der Waals surface area contributed by atoms with Crippen molar-refractivity contribution in [2.24, 2.45) is 16.6 Å². The molecule has 1 unspecified atom stereocenters. The van der Waals surface area contributed by atoms with Crippen molar-refractivity contribution in [3.05, 3.63) is 29.8 Å². The largest absolute Gasteiger partial charge is 0.487 e. The van der Waals surface area contributed by atoms with Crippen molar-refractivity contribution in [2.75, 3.05) is 13.7 Å². The molecule has 0 spiro atoms. The summed E-state index contributed by atoms with van der Waals surface area (Å²) in [7, 11) is 1.56. The first-order valence-corrected chi connectivity index (χ1v) is 8.63. The van der Waals surface area contributed by atoms with E-state index in [1.807, 2.05) is 0 Å². The van der Waals surface area contributed by atoms with Crippen molar-refractivity contribution in [1.29, 1.82) is 0 Å². The minimum Gasteiger partial charge on any atom is -0.487 e. The summed E-state index contributed by atoms with van der Waals surface area (Å²) in [6, 6.07) is 2.99. The van der Waals surface area contributed by atoms with Crippen LogP contribution >= 0.6 is 0 Å². The molecule has 136 valence electrons. The summed E-state index contributed by atoms with van der Waals surface area (Å²) in [6.07, 6.45) is 6.03. The highest BCUT2D eigenvalue weighted by Gasteiger charge is 2.48. The molecule has 1 atom stereocenters. The average molecular weight is 351 g/mol. The Kier molecular flexibility index (Phi) is 4.92. The van der Waals surface area contributed by atoms with Gasteiger partial charge in [0.2, 0.25) is 0 Å². The molecule has 1 aromatic carbocycles. The van der Waals surface area contributed by atoms with Gasteiger partial charge in [-0.05, 0) is 24.5 Å². The molecule has 0 aromatic heterocycles. The molecular formula is C18H23F2N3O2. The number of likely N-dealkylation sites (N-methyl/N-ethyl adjacent to an activating group) is 1. The molecule has 1 amide bonds. The normalized spacial score (nSPS) is 24.5. The van der Waals surface area contributed by atoms with Crippen LogP contribution in [0.5, 0.6) is 5.75 Å². The van der Waals surface area contributed by atoms with Gasteiger partial charge in [0.1, 0.15) is 12.4 Å². The van der Waals surface area contributed by atoms with Crippen LogP contribution in [0.1, 0.15) is 38.5 Å². The van der Waals surface area contributed by atoms with Crippen molar-refractivity contribution < 1.29 is 18.3 Å². The second kappa shape index (κ2) is 6.98. The van der Waals surface area contributed by atoms with E-state index in [-0.39, 0.29) is 24.2 Å². The average Bonchev–Trinajstić information content (AvgIpc) is 2.81. The van der Waals surface area contributed by atoms with Crippen LogP contribution in [-0.4, -0.2) is 36.0 Å².